The summed E-state index contributed by atoms with van der Waals surface area (Å²) in [7, 11) is 2.00. The Morgan fingerprint density at radius 2 is 1.54 bits per heavy atom. The highest BCUT2D eigenvalue weighted by molar-refractivity contribution is 5.96. The number of anilines is 1. The molecule has 0 radical (unpaired) electrons. The van der Waals surface area contributed by atoms with E-state index in [2.05, 4.69) is 23.7 Å². The number of carbonyl (C=O) groups excluding carboxylic acids is 2. The molecule has 2 N–H and O–H groups in total. The number of carbonyl (C=O) groups is 4. The second kappa shape index (κ2) is 13.6. The van der Waals surface area contributed by atoms with Crippen LogP contribution in [0, 0.1) is 5.92 Å². The van der Waals surface area contributed by atoms with Gasteiger partial charge in [0.2, 0.25) is 11.8 Å². The van der Waals surface area contributed by atoms with Crippen molar-refractivity contribution in [3.8, 4) is 0 Å². The van der Waals surface area contributed by atoms with Crippen LogP contribution in [0.15, 0.2) is 24.5 Å². The van der Waals surface area contributed by atoms with E-state index < -0.39 is 24.3 Å². The third-order valence-electron chi connectivity index (χ3n) is 6.36. The van der Waals surface area contributed by atoms with Gasteiger partial charge in [0.15, 0.2) is 0 Å². The summed E-state index contributed by atoms with van der Waals surface area (Å²) in [6.45, 7) is 6.61. The maximum absolute atomic E-state index is 12.8. The zero-order valence-corrected chi connectivity index (χ0v) is 21.4. The van der Waals surface area contributed by atoms with Crippen molar-refractivity contribution >= 4 is 29.4 Å². The number of carboxylic acid groups (broad SMARTS) is 2. The van der Waals surface area contributed by atoms with E-state index in [0.717, 1.165) is 31.5 Å². The van der Waals surface area contributed by atoms with Gasteiger partial charge in [0.1, 0.15) is 0 Å². The van der Waals surface area contributed by atoms with E-state index in [1.807, 2.05) is 29.0 Å². The molecule has 0 aliphatic carbocycles. The molecule has 0 saturated carbocycles. The molecule has 2 aliphatic rings. The van der Waals surface area contributed by atoms with E-state index in [9.17, 15) is 35.9 Å². The lowest BCUT2D eigenvalue weighted by Gasteiger charge is -2.46. The number of nitrogens with zero attached hydrogens (tertiary/aromatic N) is 4. The minimum Gasteiger partial charge on any atom is -0.475 e. The second-order valence-electron chi connectivity index (χ2n) is 8.90. The fraction of sp³-hybridized carbons (Fsp3) is 0.609. The van der Waals surface area contributed by atoms with Gasteiger partial charge in [0.05, 0.1) is 24.0 Å². The average molecular weight is 573 g/mol. The first-order chi connectivity index (χ1) is 17.9. The van der Waals surface area contributed by atoms with Crippen molar-refractivity contribution in [3.63, 3.8) is 0 Å². The van der Waals surface area contributed by atoms with Crippen molar-refractivity contribution in [2.75, 3.05) is 38.1 Å². The van der Waals surface area contributed by atoms with Crippen molar-refractivity contribution in [2.24, 2.45) is 5.92 Å². The summed E-state index contributed by atoms with van der Waals surface area (Å²) in [6.07, 6.45) is -4.05. The van der Waals surface area contributed by atoms with Crippen molar-refractivity contribution in [1.82, 2.24) is 14.8 Å². The number of hydrogen-bond donors (Lipinski definition) is 2. The molecule has 0 bridgehead atoms. The monoisotopic (exact) mass is 572 g/mol. The van der Waals surface area contributed by atoms with Crippen molar-refractivity contribution in [2.45, 2.75) is 51.0 Å². The number of piperazine rings is 1. The van der Waals surface area contributed by atoms with Crippen LogP contribution in [0.2, 0.25) is 0 Å². The van der Waals surface area contributed by atoms with Gasteiger partial charge in [-0.25, -0.2) is 9.59 Å². The third-order valence-corrected chi connectivity index (χ3v) is 6.36. The highest BCUT2D eigenvalue weighted by Crippen LogP contribution is 2.34. The van der Waals surface area contributed by atoms with Gasteiger partial charge < -0.3 is 20.0 Å². The molecule has 3 rings (SSSR count). The Bertz CT molecular complexity index is 979. The van der Waals surface area contributed by atoms with Crippen molar-refractivity contribution in [3.05, 3.63) is 24.5 Å². The summed E-state index contributed by atoms with van der Waals surface area (Å²) in [4.78, 5) is 53.2. The zero-order chi connectivity index (χ0) is 30.2. The molecule has 1 atom stereocenters. The van der Waals surface area contributed by atoms with Gasteiger partial charge in [-0.2, -0.15) is 26.3 Å². The number of likely N-dealkylation sites (N-methyl/N-ethyl adjacent to an activating group) is 1. The first kappa shape index (κ1) is 33.6. The van der Waals surface area contributed by atoms with Crippen LogP contribution in [-0.4, -0.2) is 99.9 Å². The molecule has 2 amide bonds. The number of aromatic nitrogens is 1. The third kappa shape index (κ3) is 9.37. The number of rotatable bonds is 4. The van der Waals surface area contributed by atoms with Gasteiger partial charge in [0.25, 0.3) is 0 Å². The minimum absolute atomic E-state index is 0.0888. The van der Waals surface area contributed by atoms with E-state index in [0.29, 0.717) is 19.6 Å². The lowest BCUT2D eigenvalue weighted by atomic mass is 9.92. The van der Waals surface area contributed by atoms with Crippen LogP contribution in [0.1, 0.15) is 33.1 Å². The molecule has 3 heterocycles. The van der Waals surface area contributed by atoms with E-state index in [1.54, 1.807) is 12.4 Å². The van der Waals surface area contributed by atoms with Gasteiger partial charge in [-0.05, 0) is 38.4 Å². The largest absolute Gasteiger partial charge is 0.490 e. The standard InChI is InChI=1S/C19H28N4O2.2C2HF3O2/c1-4-15(5-2)18(25)22-10-8-19(13-22)14-23(17(24)12-21(19)3)16-7-6-9-20-11-16;2*3-2(4,5)1(6)7/h6-7,9,11,15H,4-5,8,10,12-14H2,1-3H3;2*(H,6,7). The van der Waals surface area contributed by atoms with E-state index >= 15 is 0 Å². The number of aliphatic carboxylic acids is 2. The first-order valence-corrected chi connectivity index (χ1v) is 11.7. The average Bonchev–Trinajstić information content (AvgIpc) is 3.27. The SMILES string of the molecule is CCC(CC)C(=O)N1CCC2(C1)CN(c1cccnc1)C(=O)CN2C.O=C(O)C(F)(F)F.O=C(O)C(F)(F)F. The topological polar surface area (TPSA) is 131 Å². The lowest BCUT2D eigenvalue weighted by Crippen LogP contribution is -2.64. The maximum atomic E-state index is 12.8. The molecule has 39 heavy (non-hydrogen) atoms. The van der Waals surface area contributed by atoms with Crippen molar-refractivity contribution < 1.29 is 55.7 Å². The molecule has 0 aromatic carbocycles. The highest BCUT2D eigenvalue weighted by atomic mass is 19.4. The molecule has 1 unspecified atom stereocenters. The molecule has 1 spiro atoms. The predicted octanol–water partition coefficient (Wildman–Crippen LogP) is 3.03. The van der Waals surface area contributed by atoms with E-state index in [1.165, 1.54) is 0 Å². The summed E-state index contributed by atoms with van der Waals surface area (Å²) >= 11 is 0. The Hall–Kier alpha value is -3.43. The molecule has 220 valence electrons. The fourth-order valence-corrected chi connectivity index (χ4v) is 4.09. The van der Waals surface area contributed by atoms with Crippen LogP contribution in [0.4, 0.5) is 32.0 Å². The molecular weight excluding hydrogens is 542 g/mol. The number of pyridine rings is 1. The minimum atomic E-state index is -5.08. The summed E-state index contributed by atoms with van der Waals surface area (Å²) in [6, 6.07) is 3.77. The molecule has 2 saturated heterocycles. The smallest absolute Gasteiger partial charge is 0.475 e. The van der Waals surface area contributed by atoms with Crippen LogP contribution in [-0.2, 0) is 19.2 Å². The molecule has 16 heteroatoms. The quantitative estimate of drug-likeness (QED) is 0.527. The van der Waals surface area contributed by atoms with E-state index in [4.69, 9.17) is 19.8 Å². The Morgan fingerprint density at radius 1 is 1.03 bits per heavy atom. The van der Waals surface area contributed by atoms with Crippen LogP contribution < -0.4 is 4.90 Å². The molecule has 2 aliphatic heterocycles. The number of carboxylic acids is 2. The Morgan fingerprint density at radius 3 is 1.95 bits per heavy atom. The van der Waals surface area contributed by atoms with Gasteiger partial charge >= 0.3 is 24.3 Å². The van der Waals surface area contributed by atoms with E-state index in [-0.39, 0.29) is 23.3 Å². The normalized spacial score (nSPS) is 19.8. The predicted molar refractivity (Wildman–Crippen MR) is 125 cm³/mol. The van der Waals surface area contributed by atoms with Gasteiger partial charge in [-0.15, -0.1) is 0 Å². The Labute approximate surface area is 220 Å². The molecular formula is C23H30F6N4O6. The number of likely N-dealkylation sites (tertiary alicyclic amines) is 1. The fourth-order valence-electron chi connectivity index (χ4n) is 4.09. The number of hydrogen-bond acceptors (Lipinski definition) is 6. The highest BCUT2D eigenvalue weighted by Gasteiger charge is 2.49. The van der Waals surface area contributed by atoms with Gasteiger partial charge in [-0.3, -0.25) is 19.5 Å². The number of alkyl halides is 6. The zero-order valence-electron chi connectivity index (χ0n) is 21.4. The van der Waals surface area contributed by atoms with Crippen LogP contribution in [0.5, 0.6) is 0 Å². The second-order valence-corrected chi connectivity index (χ2v) is 8.90. The van der Waals surface area contributed by atoms with Gasteiger partial charge in [0, 0.05) is 31.7 Å². The van der Waals surface area contributed by atoms with Gasteiger partial charge in [-0.1, -0.05) is 13.8 Å². The van der Waals surface area contributed by atoms with Crippen LogP contribution >= 0.6 is 0 Å². The first-order valence-electron chi connectivity index (χ1n) is 11.7. The summed E-state index contributed by atoms with van der Waals surface area (Å²) < 4.78 is 63.5. The Kier molecular flexibility index (Phi) is 11.7. The lowest BCUT2D eigenvalue weighted by molar-refractivity contribution is -0.193. The number of halogens is 6. The summed E-state index contributed by atoms with van der Waals surface area (Å²) in [5.41, 5.74) is 0.676. The molecule has 2 fully saturated rings. The summed E-state index contributed by atoms with van der Waals surface area (Å²) in [5, 5.41) is 14.2. The molecule has 1 aromatic heterocycles. The summed E-state index contributed by atoms with van der Waals surface area (Å²) in [5.74, 6) is -5.05. The molecule has 1 aromatic rings. The maximum Gasteiger partial charge on any atom is 0.490 e. The van der Waals surface area contributed by atoms with Crippen LogP contribution in [0.3, 0.4) is 0 Å². The molecule has 10 nitrogen and oxygen atoms in total. The Balaban J connectivity index is 0.000000449. The van der Waals surface area contributed by atoms with Crippen LogP contribution in [0.25, 0.3) is 0 Å². The number of amides is 2. The van der Waals surface area contributed by atoms with Crippen molar-refractivity contribution in [1.29, 1.82) is 0 Å².